The average Bonchev–Trinajstić information content (AvgIpc) is 2.21. The summed E-state index contributed by atoms with van der Waals surface area (Å²) in [5, 5.41) is 2.33. The Bertz CT molecular complexity index is 163. The molecule has 0 spiro atoms. The zero-order valence-corrected chi connectivity index (χ0v) is 11.4. The van der Waals surface area contributed by atoms with Crippen molar-refractivity contribution in [1.82, 2.24) is 0 Å². The fraction of sp³-hybridized carbons (Fsp3) is 0.909. The van der Waals surface area contributed by atoms with Gasteiger partial charge in [0.05, 0.1) is 19.7 Å². The molecule has 15 heavy (non-hydrogen) atoms. The summed E-state index contributed by atoms with van der Waals surface area (Å²) in [6.45, 7) is 6.89. The van der Waals surface area contributed by atoms with Gasteiger partial charge in [0.2, 0.25) is 0 Å². The van der Waals surface area contributed by atoms with Gasteiger partial charge in [-0.15, -0.1) is 0 Å². The van der Waals surface area contributed by atoms with Gasteiger partial charge in [-0.3, -0.25) is 4.79 Å². The van der Waals surface area contributed by atoms with Crippen LogP contribution < -0.4 is 5.32 Å². The Morgan fingerprint density at radius 2 is 2.00 bits per heavy atom. The number of carbonyl (C=O) groups excluding carboxylic acids is 1. The minimum atomic E-state index is -0.186. The van der Waals surface area contributed by atoms with Crippen molar-refractivity contribution in [3.8, 4) is 0 Å². The summed E-state index contributed by atoms with van der Waals surface area (Å²) < 4.78 is 5.03. The highest BCUT2D eigenvalue weighted by molar-refractivity contribution is 9.10. The summed E-state index contributed by atoms with van der Waals surface area (Å²) in [6, 6.07) is 0. The van der Waals surface area contributed by atoms with E-state index in [-0.39, 0.29) is 10.8 Å². The van der Waals surface area contributed by atoms with E-state index in [1.165, 1.54) is 19.4 Å². The van der Waals surface area contributed by atoms with Crippen molar-refractivity contribution in [2.75, 3.05) is 19.7 Å². The number of hydrogen-bond acceptors (Lipinski definition) is 2. The lowest BCUT2D eigenvalue weighted by Gasteiger charge is -2.05. The van der Waals surface area contributed by atoms with Crippen molar-refractivity contribution < 1.29 is 14.8 Å². The number of halogens is 1. The summed E-state index contributed by atoms with van der Waals surface area (Å²) in [5.41, 5.74) is 0. The molecule has 0 aromatic carbocycles. The van der Waals surface area contributed by atoms with Crippen molar-refractivity contribution >= 4 is 21.9 Å². The number of esters is 1. The van der Waals surface area contributed by atoms with Gasteiger partial charge >= 0.3 is 5.97 Å². The molecule has 0 radical (unpaired) electrons. The molecule has 0 saturated carbocycles. The molecule has 1 unspecified atom stereocenters. The highest BCUT2D eigenvalue weighted by Crippen LogP contribution is 2.00. The monoisotopic (exact) mass is 280 g/mol. The minimum Gasteiger partial charge on any atom is -0.465 e. The maximum Gasteiger partial charge on any atom is 0.319 e. The molecular formula is C11H23BrNO2+. The second-order valence-corrected chi connectivity index (χ2v) is 5.08. The van der Waals surface area contributed by atoms with E-state index >= 15 is 0 Å². The second kappa shape index (κ2) is 10.4. The molecule has 90 valence electrons. The van der Waals surface area contributed by atoms with E-state index in [4.69, 9.17) is 4.74 Å². The average molecular weight is 281 g/mol. The van der Waals surface area contributed by atoms with Crippen LogP contribution in [0.1, 0.15) is 39.5 Å². The number of hydrogen-bond donors (Lipinski definition) is 1. The summed E-state index contributed by atoms with van der Waals surface area (Å²) in [5.74, 6) is -0.162. The second-order valence-electron chi connectivity index (χ2n) is 3.71. The van der Waals surface area contributed by atoms with Crippen LogP contribution in [0, 0.1) is 0 Å². The van der Waals surface area contributed by atoms with Crippen LogP contribution in [0.5, 0.6) is 0 Å². The molecule has 0 aromatic heterocycles. The van der Waals surface area contributed by atoms with Crippen LogP contribution in [0.15, 0.2) is 0 Å². The SMILES string of the molecule is CCCC[NH2+]CCCCOC(=O)C(C)Br. The van der Waals surface area contributed by atoms with Crippen LogP contribution in [0.4, 0.5) is 0 Å². The minimum absolute atomic E-state index is 0.162. The number of nitrogens with two attached hydrogens (primary N) is 1. The fourth-order valence-electron chi connectivity index (χ4n) is 1.17. The molecule has 2 N–H and O–H groups in total. The van der Waals surface area contributed by atoms with Crippen molar-refractivity contribution in [3.63, 3.8) is 0 Å². The van der Waals surface area contributed by atoms with E-state index in [0.29, 0.717) is 6.61 Å². The van der Waals surface area contributed by atoms with Crippen LogP contribution in [0.25, 0.3) is 0 Å². The van der Waals surface area contributed by atoms with Crippen LogP contribution in [0.2, 0.25) is 0 Å². The Hall–Kier alpha value is -0.0900. The highest BCUT2D eigenvalue weighted by Gasteiger charge is 2.08. The predicted molar refractivity (Wildman–Crippen MR) is 65.1 cm³/mol. The largest absolute Gasteiger partial charge is 0.465 e. The molecule has 0 aliphatic heterocycles. The van der Waals surface area contributed by atoms with Crippen molar-refractivity contribution in [3.05, 3.63) is 0 Å². The Morgan fingerprint density at radius 1 is 1.33 bits per heavy atom. The highest BCUT2D eigenvalue weighted by atomic mass is 79.9. The van der Waals surface area contributed by atoms with Gasteiger partial charge in [0.1, 0.15) is 4.83 Å². The first-order valence-corrected chi connectivity index (χ1v) is 6.72. The first kappa shape index (κ1) is 14.9. The molecule has 0 rings (SSSR count). The van der Waals surface area contributed by atoms with E-state index in [2.05, 4.69) is 28.2 Å². The zero-order valence-electron chi connectivity index (χ0n) is 9.80. The van der Waals surface area contributed by atoms with Crippen molar-refractivity contribution in [2.45, 2.75) is 44.4 Å². The van der Waals surface area contributed by atoms with Crippen molar-refractivity contribution in [1.29, 1.82) is 0 Å². The lowest BCUT2D eigenvalue weighted by molar-refractivity contribution is -0.655. The molecule has 0 bridgehead atoms. The van der Waals surface area contributed by atoms with Gasteiger partial charge in [0.25, 0.3) is 0 Å². The van der Waals surface area contributed by atoms with E-state index in [0.717, 1.165) is 19.4 Å². The Morgan fingerprint density at radius 3 is 2.60 bits per heavy atom. The Balaban J connectivity index is 3.08. The zero-order chi connectivity index (χ0) is 11.5. The van der Waals surface area contributed by atoms with E-state index < -0.39 is 0 Å². The van der Waals surface area contributed by atoms with Crippen LogP contribution >= 0.6 is 15.9 Å². The Labute approximate surface area is 101 Å². The van der Waals surface area contributed by atoms with Gasteiger partial charge in [0, 0.05) is 0 Å². The quantitative estimate of drug-likeness (QED) is 0.395. The molecule has 3 nitrogen and oxygen atoms in total. The molecule has 0 aliphatic rings. The summed E-state index contributed by atoms with van der Waals surface area (Å²) >= 11 is 3.17. The summed E-state index contributed by atoms with van der Waals surface area (Å²) in [4.78, 5) is 10.9. The molecule has 0 aliphatic carbocycles. The van der Waals surface area contributed by atoms with E-state index in [1.54, 1.807) is 6.92 Å². The number of unbranched alkanes of at least 4 members (excludes halogenated alkanes) is 2. The van der Waals surface area contributed by atoms with Gasteiger partial charge in [-0.25, -0.2) is 0 Å². The summed E-state index contributed by atoms with van der Waals surface area (Å²) in [7, 11) is 0. The van der Waals surface area contributed by atoms with Crippen LogP contribution in [0.3, 0.4) is 0 Å². The van der Waals surface area contributed by atoms with Crippen LogP contribution in [-0.2, 0) is 9.53 Å². The third-order valence-corrected chi connectivity index (χ3v) is 2.51. The standard InChI is InChI=1S/C11H22BrNO2/c1-3-4-7-13-8-5-6-9-15-11(14)10(2)12/h10,13H,3-9H2,1-2H3/p+1. The molecule has 0 heterocycles. The molecule has 0 saturated heterocycles. The maximum atomic E-state index is 11.0. The summed E-state index contributed by atoms with van der Waals surface area (Å²) in [6.07, 6.45) is 4.63. The normalized spacial score (nSPS) is 12.5. The lowest BCUT2D eigenvalue weighted by Crippen LogP contribution is -2.84. The van der Waals surface area contributed by atoms with Crippen LogP contribution in [-0.4, -0.2) is 30.5 Å². The first-order chi connectivity index (χ1) is 7.18. The number of ether oxygens (including phenoxy) is 1. The van der Waals surface area contributed by atoms with Gasteiger partial charge in [-0.05, 0) is 26.2 Å². The molecule has 0 amide bonds. The number of alkyl halides is 1. The third kappa shape index (κ3) is 10.2. The smallest absolute Gasteiger partial charge is 0.319 e. The molecule has 0 aromatic rings. The van der Waals surface area contributed by atoms with Gasteiger partial charge in [0.15, 0.2) is 0 Å². The number of carbonyl (C=O) groups is 1. The van der Waals surface area contributed by atoms with E-state index in [9.17, 15) is 4.79 Å². The van der Waals surface area contributed by atoms with E-state index in [1.807, 2.05) is 0 Å². The van der Waals surface area contributed by atoms with Gasteiger partial charge < -0.3 is 10.1 Å². The number of rotatable bonds is 9. The number of quaternary nitrogens is 1. The molecule has 0 fully saturated rings. The Kier molecular flexibility index (Phi) is 10.4. The molecule has 1 atom stereocenters. The topological polar surface area (TPSA) is 42.9 Å². The maximum absolute atomic E-state index is 11.0. The molecular weight excluding hydrogens is 258 g/mol. The van der Waals surface area contributed by atoms with Gasteiger partial charge in [-0.2, -0.15) is 0 Å². The molecule has 4 heteroatoms. The lowest BCUT2D eigenvalue weighted by atomic mass is 10.3. The predicted octanol–water partition coefficient (Wildman–Crippen LogP) is 1.46. The van der Waals surface area contributed by atoms with Crippen molar-refractivity contribution in [2.24, 2.45) is 0 Å². The van der Waals surface area contributed by atoms with Gasteiger partial charge in [-0.1, -0.05) is 29.3 Å². The fourth-order valence-corrected chi connectivity index (χ4v) is 1.30. The third-order valence-electron chi connectivity index (χ3n) is 2.13. The first-order valence-electron chi connectivity index (χ1n) is 5.80.